The monoisotopic (exact) mass is 1280 g/mol. The number of hydrogen-bond acceptors (Lipinski definition) is 32. The van der Waals surface area contributed by atoms with E-state index in [9.17, 15) is 81.7 Å². The molecule has 32 nitrogen and oxygen atoms in total. The Morgan fingerprint density at radius 3 is 0.318 bits per heavy atom. The summed E-state index contributed by atoms with van der Waals surface area (Å²) in [7, 11) is 0. The molecular formula is C56H96O32. The fourth-order valence-corrected chi connectivity index (χ4v) is 13.4. The normalized spacial score (nSPS) is 55.4. The quantitative estimate of drug-likeness (QED) is 0.108. The SMILES string of the molecule is CCC1O[C@@H]2O[C@@H]3C(CC)O[C@@H](O[C@@H]4C(CC)O[C@H](O[C@@H]5C(CC)O[C@@H](O[C@@H]6C(CC)O[C@@H](O[C@@H]7C(CC)O[C@H](O[C@@H]8C(CC)O[C@@H](O[C@@H]9C(CC)O[C@H](O[C@H]1[C@H](O)C2O)C(O)[C@H]9O)C(O)[C@H]8O)C(O)[C@H]7O)C(O)[C@H]6O)C(O)[C@H]5O)C(O)[C@H]4O)C(O)[C@H]3O. The minimum Gasteiger partial charge on any atom is -0.387 e. The van der Waals surface area contributed by atoms with Crippen molar-refractivity contribution in [3.05, 3.63) is 0 Å². The largest absolute Gasteiger partial charge is 0.387 e. The van der Waals surface area contributed by atoms with Crippen LogP contribution in [0.15, 0.2) is 0 Å². The van der Waals surface area contributed by atoms with E-state index in [1.54, 1.807) is 55.4 Å². The van der Waals surface area contributed by atoms with Crippen LogP contribution in [0.25, 0.3) is 0 Å². The Hall–Kier alpha value is -1.28. The summed E-state index contributed by atoms with van der Waals surface area (Å²) in [6, 6.07) is 0. The summed E-state index contributed by atoms with van der Waals surface area (Å²) in [5.74, 6) is 0. The molecule has 0 radical (unpaired) electrons. The first-order chi connectivity index (χ1) is 41.9. The molecule has 32 heteroatoms. The zero-order valence-corrected chi connectivity index (χ0v) is 50.4. The lowest BCUT2D eigenvalue weighted by molar-refractivity contribution is -0.401. The third-order valence-corrected chi connectivity index (χ3v) is 18.7. The molecule has 88 heavy (non-hydrogen) atoms. The van der Waals surface area contributed by atoms with Crippen LogP contribution in [-0.4, -0.2) is 327 Å². The highest BCUT2D eigenvalue weighted by molar-refractivity contribution is 5.02. The fourth-order valence-electron chi connectivity index (χ4n) is 13.4. The summed E-state index contributed by atoms with van der Waals surface area (Å²) >= 11 is 0. The summed E-state index contributed by atoms with van der Waals surface area (Å²) in [6.07, 6.45) is -63.7. The minimum atomic E-state index is -1.92. The van der Waals surface area contributed by atoms with Crippen LogP contribution >= 0.6 is 0 Å². The number of ether oxygens (including phenoxy) is 16. The van der Waals surface area contributed by atoms with Crippen molar-refractivity contribution in [2.75, 3.05) is 0 Å². The molecule has 0 aliphatic carbocycles. The van der Waals surface area contributed by atoms with E-state index in [0.717, 1.165) is 0 Å². The van der Waals surface area contributed by atoms with Crippen molar-refractivity contribution < 1.29 is 157 Å². The van der Waals surface area contributed by atoms with Crippen molar-refractivity contribution in [1.29, 1.82) is 0 Å². The van der Waals surface area contributed by atoms with Crippen LogP contribution in [0.1, 0.15) is 107 Å². The second-order valence-electron chi connectivity index (χ2n) is 24.3. The zero-order chi connectivity index (χ0) is 64.1. The Morgan fingerprint density at radius 2 is 0.239 bits per heavy atom. The lowest BCUT2D eigenvalue weighted by Crippen LogP contribution is -2.68. The van der Waals surface area contributed by atoms with Gasteiger partial charge in [-0.15, -0.1) is 0 Å². The van der Waals surface area contributed by atoms with Gasteiger partial charge in [0, 0.05) is 0 Å². The summed E-state index contributed by atoms with van der Waals surface area (Å²) in [5.41, 5.74) is 0. The number of hydrogen-bond donors (Lipinski definition) is 16. The molecular weight excluding hydrogens is 1180 g/mol. The van der Waals surface area contributed by atoms with Crippen molar-refractivity contribution in [2.24, 2.45) is 0 Å². The van der Waals surface area contributed by atoms with E-state index in [2.05, 4.69) is 0 Å². The highest BCUT2D eigenvalue weighted by atomic mass is 16.8. The van der Waals surface area contributed by atoms with Gasteiger partial charge < -0.3 is 157 Å². The van der Waals surface area contributed by atoms with Crippen LogP contribution in [-0.2, 0) is 75.8 Å². The van der Waals surface area contributed by atoms with E-state index in [1.807, 2.05) is 0 Å². The first-order valence-corrected chi connectivity index (χ1v) is 31.3. The minimum absolute atomic E-state index is 0.0886. The van der Waals surface area contributed by atoms with E-state index in [1.165, 1.54) is 0 Å². The maximum Gasteiger partial charge on any atom is 0.187 e. The molecule has 30 fully saturated rings. The van der Waals surface area contributed by atoms with E-state index >= 15 is 0 Å². The molecule has 30 rings (SSSR count). The zero-order valence-electron chi connectivity index (χ0n) is 50.4. The molecule has 0 saturated carbocycles. The highest BCUT2D eigenvalue weighted by Gasteiger charge is 2.60. The van der Waals surface area contributed by atoms with E-state index in [0.29, 0.717) is 0 Å². The van der Waals surface area contributed by atoms with Crippen LogP contribution in [0.4, 0.5) is 0 Å². The summed E-state index contributed by atoms with van der Waals surface area (Å²) in [4.78, 5) is 0. The van der Waals surface area contributed by atoms with Gasteiger partial charge in [0.25, 0.3) is 0 Å². The topological polar surface area (TPSA) is 471 Å². The third-order valence-electron chi connectivity index (χ3n) is 18.7. The van der Waals surface area contributed by atoms with Crippen LogP contribution in [0, 0.1) is 0 Å². The lowest BCUT2D eigenvalue weighted by atomic mass is 9.93. The van der Waals surface area contributed by atoms with Crippen LogP contribution in [0.2, 0.25) is 0 Å². The van der Waals surface area contributed by atoms with Gasteiger partial charge in [-0.2, -0.15) is 0 Å². The maximum atomic E-state index is 11.7. The predicted molar refractivity (Wildman–Crippen MR) is 287 cm³/mol. The summed E-state index contributed by atoms with van der Waals surface area (Å²) < 4.78 is 97.9. The number of rotatable bonds is 8. The average molecular weight is 1280 g/mol. The molecule has 0 aromatic heterocycles. The van der Waals surface area contributed by atoms with E-state index < -0.39 is 246 Å². The molecule has 0 aromatic rings. The van der Waals surface area contributed by atoms with Crippen molar-refractivity contribution in [3.8, 4) is 0 Å². The second-order valence-corrected chi connectivity index (χ2v) is 24.3. The molecule has 30 heterocycles. The average Bonchev–Trinajstić information content (AvgIpc) is 0.985. The Morgan fingerprint density at radius 1 is 0.148 bits per heavy atom. The molecule has 0 spiro atoms. The van der Waals surface area contributed by atoms with Gasteiger partial charge in [-0.3, -0.25) is 0 Å². The molecule has 30 aliphatic heterocycles. The lowest BCUT2D eigenvalue weighted by Gasteiger charge is -2.51. The molecule has 16 bridgehead atoms. The molecule has 16 N–H and O–H groups in total. The van der Waals surface area contributed by atoms with Gasteiger partial charge in [0.1, 0.15) is 146 Å². The Balaban J connectivity index is 0.975. The van der Waals surface area contributed by atoms with Crippen molar-refractivity contribution in [1.82, 2.24) is 0 Å². The van der Waals surface area contributed by atoms with E-state index in [4.69, 9.17) is 75.8 Å². The Kier molecular flexibility index (Phi) is 24.4. The smallest absolute Gasteiger partial charge is 0.187 e. The fraction of sp³-hybridized carbons (Fsp3) is 1.00. The summed E-state index contributed by atoms with van der Waals surface area (Å²) in [6.45, 7) is 13.2. The predicted octanol–water partition coefficient (Wildman–Crippen LogP) is -6.06. The third kappa shape index (κ3) is 13.9. The van der Waals surface area contributed by atoms with Crippen LogP contribution in [0.5, 0.6) is 0 Å². The van der Waals surface area contributed by atoms with Gasteiger partial charge in [-0.05, 0) is 51.4 Å². The van der Waals surface area contributed by atoms with Crippen molar-refractivity contribution in [3.63, 3.8) is 0 Å². The standard InChI is InChI=1S/C56H96O32/c1-9-17-41-25(57)33(65)49(73-17)82-42-18(10-2)75-51(35(67)27(42)59)84-44-20(12-4)77-53(37(69)29(44)61)86-46-22(14-6)79-55(39(71)31(46)63)88-48-24(16-8)80-56(40(72)32(48)64)87-47-23(15-7)78-54(38(70)30(47)62)85-45-21(13-5)76-52(36(68)28(45)60)83-43-19(11-3)74-50(81-41)34(66)26(43)58/h17-72H,9-16H2,1-8H3/t17?,18?,19?,20?,21?,22?,23?,24?,25-,26-,27-,28-,29-,30-,31-,32-,33?,34?,35?,36?,37?,38?,39?,40?,41-,42-,43-,44-,45-,46-,47-,48-,49-,50-,51+,52+,53-,54-,55+,56+/m1/s1. The van der Waals surface area contributed by atoms with E-state index in [-0.39, 0.29) is 51.4 Å². The molecule has 30 saturated heterocycles. The molecule has 16 unspecified atom stereocenters. The van der Waals surface area contributed by atoms with Gasteiger partial charge in [-0.25, -0.2) is 0 Å². The van der Waals surface area contributed by atoms with Gasteiger partial charge in [0.2, 0.25) is 0 Å². The van der Waals surface area contributed by atoms with Gasteiger partial charge in [-0.1, -0.05) is 55.4 Å². The number of aliphatic hydroxyl groups is 16. The van der Waals surface area contributed by atoms with Gasteiger partial charge >= 0.3 is 0 Å². The number of aliphatic hydroxyl groups excluding tert-OH is 16. The molecule has 40 atom stereocenters. The van der Waals surface area contributed by atoms with Crippen LogP contribution < -0.4 is 0 Å². The molecule has 30 aliphatic rings. The van der Waals surface area contributed by atoms with Crippen LogP contribution in [0.3, 0.4) is 0 Å². The molecule has 0 aromatic carbocycles. The first kappa shape index (κ1) is 71.0. The molecule has 512 valence electrons. The van der Waals surface area contributed by atoms with Crippen molar-refractivity contribution in [2.45, 2.75) is 352 Å². The Bertz CT molecular complexity index is 1700. The molecule has 0 amide bonds. The van der Waals surface area contributed by atoms with Gasteiger partial charge in [0.05, 0.1) is 48.8 Å². The highest BCUT2D eigenvalue weighted by Crippen LogP contribution is 2.41. The second kappa shape index (κ2) is 30.2. The maximum absolute atomic E-state index is 11.7. The van der Waals surface area contributed by atoms with Gasteiger partial charge in [0.15, 0.2) is 50.3 Å². The summed E-state index contributed by atoms with van der Waals surface area (Å²) in [5, 5.41) is 186. The van der Waals surface area contributed by atoms with Crippen molar-refractivity contribution >= 4 is 0 Å². The first-order valence-electron chi connectivity index (χ1n) is 31.3. The Labute approximate surface area is 508 Å².